The summed E-state index contributed by atoms with van der Waals surface area (Å²) in [5.74, 6) is 0.243. The average Bonchev–Trinajstić information content (AvgIpc) is 1.90. The molecule has 0 saturated heterocycles. The van der Waals surface area contributed by atoms with Gasteiger partial charge in [0.1, 0.15) is 0 Å². The smallest absolute Gasteiger partial charge is 0.171 e. The summed E-state index contributed by atoms with van der Waals surface area (Å²) >= 11 is 0. The van der Waals surface area contributed by atoms with E-state index in [0.29, 0.717) is 0 Å². The Morgan fingerprint density at radius 3 is 2.12 bits per heavy atom. The van der Waals surface area contributed by atoms with Crippen molar-refractivity contribution in [3.05, 3.63) is 30.3 Å². The minimum atomic E-state index is 0.243. The Hall–Kier alpha value is -1.05. The third kappa shape index (κ3) is 0.964. The van der Waals surface area contributed by atoms with Crippen molar-refractivity contribution in [3.8, 4) is 5.75 Å². The second kappa shape index (κ2) is 2.31. The minimum absolute atomic E-state index is 0.243. The van der Waals surface area contributed by atoms with E-state index in [1.54, 1.807) is 30.3 Å². The molecule has 0 bridgehead atoms. The van der Waals surface area contributed by atoms with E-state index in [4.69, 9.17) is 0 Å². The van der Waals surface area contributed by atoms with Crippen molar-refractivity contribution in [1.82, 2.24) is 0 Å². The summed E-state index contributed by atoms with van der Waals surface area (Å²) in [6, 6.07) is 8.28. The fourth-order valence-electron chi connectivity index (χ4n) is 0.472. The van der Waals surface area contributed by atoms with E-state index in [1.807, 2.05) is 0 Å². The van der Waals surface area contributed by atoms with Crippen LogP contribution in [-0.2, 0) is 0 Å². The maximum absolute atomic E-state index is 11.2. The lowest BCUT2D eigenvalue weighted by Crippen LogP contribution is -1.71. The van der Waals surface area contributed by atoms with Gasteiger partial charge in [0.05, 0.1) is 0 Å². The highest BCUT2D eigenvalue weighted by Gasteiger charge is 1.84. The molecule has 0 N–H and O–H groups in total. The zero-order chi connectivity index (χ0) is 5.82. The molecule has 0 radical (unpaired) electrons. The Balaban J connectivity index is 2.83. The molecule has 42 valence electrons. The maximum atomic E-state index is 11.2. The number of rotatable bonds is 1. The molecule has 0 aliphatic heterocycles. The lowest BCUT2D eigenvalue weighted by molar-refractivity contribution is -0.00620. The van der Waals surface area contributed by atoms with Gasteiger partial charge in [-0.1, -0.05) is 18.2 Å². The van der Waals surface area contributed by atoms with Crippen LogP contribution in [0.25, 0.3) is 0 Å². The third-order valence-corrected chi connectivity index (χ3v) is 0.832. The molecule has 0 unspecified atom stereocenters. The summed E-state index contributed by atoms with van der Waals surface area (Å²) in [6.07, 6.45) is 0. The molecule has 0 spiro atoms. The number of benzene rings is 1. The fraction of sp³-hybridized carbons (Fsp3) is 0. The molecule has 0 atom stereocenters. The van der Waals surface area contributed by atoms with Crippen LogP contribution in [0.1, 0.15) is 0 Å². The first-order valence-corrected chi connectivity index (χ1v) is 2.27. The lowest BCUT2D eigenvalue weighted by atomic mass is 10.3. The van der Waals surface area contributed by atoms with Crippen LogP contribution in [0.2, 0.25) is 0 Å². The Bertz CT molecular complexity index is 150. The summed E-state index contributed by atoms with van der Waals surface area (Å²) in [5, 5.41) is 0. The zero-order valence-corrected chi connectivity index (χ0v) is 4.17. The monoisotopic (exact) mass is 112 g/mol. The first-order valence-electron chi connectivity index (χ1n) is 2.27. The van der Waals surface area contributed by atoms with E-state index < -0.39 is 0 Å². The number of hydrogen-bond acceptors (Lipinski definition) is 1. The van der Waals surface area contributed by atoms with Crippen LogP contribution in [0.4, 0.5) is 4.53 Å². The number of halogens is 1. The van der Waals surface area contributed by atoms with Crippen molar-refractivity contribution in [3.63, 3.8) is 0 Å². The molecule has 1 aromatic rings. The molecule has 0 aliphatic rings. The number of hydrogen-bond donors (Lipinski definition) is 0. The largest absolute Gasteiger partial charge is 0.294 e. The van der Waals surface area contributed by atoms with Gasteiger partial charge in [-0.15, -0.1) is 0 Å². The van der Waals surface area contributed by atoms with Crippen molar-refractivity contribution in [2.24, 2.45) is 0 Å². The molecule has 0 fully saturated rings. The van der Waals surface area contributed by atoms with E-state index in [1.165, 1.54) is 0 Å². The van der Waals surface area contributed by atoms with Crippen molar-refractivity contribution >= 4 is 0 Å². The topological polar surface area (TPSA) is 9.23 Å². The summed E-state index contributed by atoms with van der Waals surface area (Å²) in [7, 11) is 0. The Kier molecular flexibility index (Phi) is 1.47. The quantitative estimate of drug-likeness (QED) is 0.539. The normalized spacial score (nSPS) is 8.62. The van der Waals surface area contributed by atoms with Crippen LogP contribution >= 0.6 is 0 Å². The summed E-state index contributed by atoms with van der Waals surface area (Å²) in [5.41, 5.74) is 0. The van der Waals surface area contributed by atoms with E-state index in [9.17, 15) is 4.53 Å². The summed E-state index contributed by atoms with van der Waals surface area (Å²) in [4.78, 5) is 3.41. The van der Waals surface area contributed by atoms with E-state index in [2.05, 4.69) is 4.94 Å². The SMILES string of the molecule is FOc1ccccc1. The van der Waals surface area contributed by atoms with Gasteiger partial charge >= 0.3 is 0 Å². The lowest BCUT2D eigenvalue weighted by Gasteiger charge is -1.87. The van der Waals surface area contributed by atoms with Gasteiger partial charge in [-0.05, 0) is 12.1 Å². The van der Waals surface area contributed by atoms with Crippen LogP contribution in [0.3, 0.4) is 0 Å². The van der Waals surface area contributed by atoms with Gasteiger partial charge in [0.25, 0.3) is 0 Å². The summed E-state index contributed by atoms with van der Waals surface area (Å²) in [6.45, 7) is 0. The van der Waals surface area contributed by atoms with Crippen molar-refractivity contribution in [2.75, 3.05) is 0 Å². The van der Waals surface area contributed by atoms with Crippen LogP contribution in [0.5, 0.6) is 5.75 Å². The molecular formula is C6H5FO. The zero-order valence-electron chi connectivity index (χ0n) is 4.17. The van der Waals surface area contributed by atoms with Crippen molar-refractivity contribution in [2.45, 2.75) is 0 Å². The summed E-state index contributed by atoms with van der Waals surface area (Å²) < 4.78 is 11.2. The Morgan fingerprint density at radius 1 is 1.12 bits per heavy atom. The highest BCUT2D eigenvalue weighted by molar-refractivity contribution is 5.19. The molecule has 0 heterocycles. The van der Waals surface area contributed by atoms with Gasteiger partial charge in [0.15, 0.2) is 5.75 Å². The van der Waals surface area contributed by atoms with E-state index >= 15 is 0 Å². The van der Waals surface area contributed by atoms with E-state index in [-0.39, 0.29) is 5.75 Å². The van der Waals surface area contributed by atoms with Gasteiger partial charge in [-0.25, -0.2) is 0 Å². The van der Waals surface area contributed by atoms with Crippen LogP contribution in [0, 0.1) is 0 Å². The van der Waals surface area contributed by atoms with Gasteiger partial charge in [-0.2, -0.15) is 0 Å². The highest BCUT2D eigenvalue weighted by Crippen LogP contribution is 2.07. The minimum Gasteiger partial charge on any atom is -0.294 e. The maximum Gasteiger partial charge on any atom is 0.171 e. The van der Waals surface area contributed by atoms with Crippen LogP contribution in [-0.4, -0.2) is 0 Å². The van der Waals surface area contributed by atoms with Crippen molar-refractivity contribution in [1.29, 1.82) is 0 Å². The second-order valence-corrected chi connectivity index (χ2v) is 1.39. The highest BCUT2D eigenvalue weighted by atomic mass is 19.3. The molecule has 0 aliphatic carbocycles. The third-order valence-electron chi connectivity index (χ3n) is 0.832. The molecule has 1 aromatic carbocycles. The molecule has 1 rings (SSSR count). The first-order chi connectivity index (χ1) is 3.93. The fourth-order valence-corrected chi connectivity index (χ4v) is 0.472. The molecule has 1 nitrogen and oxygen atoms in total. The van der Waals surface area contributed by atoms with Gasteiger partial charge in [-0.3, -0.25) is 4.94 Å². The molecule has 2 heteroatoms. The van der Waals surface area contributed by atoms with Gasteiger partial charge < -0.3 is 0 Å². The predicted molar refractivity (Wildman–Crippen MR) is 28.2 cm³/mol. The van der Waals surface area contributed by atoms with Crippen LogP contribution in [0.15, 0.2) is 30.3 Å². The first kappa shape index (κ1) is 5.09. The predicted octanol–water partition coefficient (Wildman–Crippen LogP) is 1.95. The molecular weight excluding hydrogens is 107 g/mol. The molecule has 0 saturated carbocycles. The number of para-hydroxylation sites is 1. The Morgan fingerprint density at radius 2 is 1.75 bits per heavy atom. The van der Waals surface area contributed by atoms with Crippen LogP contribution < -0.4 is 4.94 Å². The second-order valence-electron chi connectivity index (χ2n) is 1.39. The molecule has 0 amide bonds. The van der Waals surface area contributed by atoms with E-state index in [0.717, 1.165) is 0 Å². The van der Waals surface area contributed by atoms with Gasteiger partial charge in [0.2, 0.25) is 0 Å². The van der Waals surface area contributed by atoms with Crippen molar-refractivity contribution < 1.29 is 9.47 Å². The Labute approximate surface area is 46.6 Å². The van der Waals surface area contributed by atoms with Gasteiger partial charge in [0, 0.05) is 4.53 Å². The molecule has 8 heavy (non-hydrogen) atoms. The average molecular weight is 112 g/mol. The molecule has 0 aromatic heterocycles. The standard InChI is InChI=1S/C6H5FO/c7-8-6-4-2-1-3-5-6/h1-5H.